The molecule has 0 heterocycles. The Morgan fingerprint density at radius 3 is 2.56 bits per heavy atom. The summed E-state index contributed by atoms with van der Waals surface area (Å²) in [7, 11) is 0. The lowest BCUT2D eigenvalue weighted by molar-refractivity contribution is 0.416. The average Bonchev–Trinajstić information content (AvgIpc) is 2.15. The summed E-state index contributed by atoms with van der Waals surface area (Å²) in [4.78, 5) is 1.04. The van der Waals surface area contributed by atoms with Crippen molar-refractivity contribution in [2.24, 2.45) is 0 Å². The summed E-state index contributed by atoms with van der Waals surface area (Å²) in [5, 5.41) is 3.32. The van der Waals surface area contributed by atoms with Crippen molar-refractivity contribution in [3.8, 4) is 0 Å². The summed E-state index contributed by atoms with van der Waals surface area (Å²) >= 11 is 1.69. The number of halogens is 1. The largest absolute Gasteiger partial charge is 0.308 e. The maximum Gasteiger partial charge on any atom is 0.128 e. The van der Waals surface area contributed by atoms with Gasteiger partial charge in [0.25, 0.3) is 0 Å². The normalized spacial score (nSPS) is 11.8. The summed E-state index contributed by atoms with van der Waals surface area (Å²) < 4.78 is 13.7. The van der Waals surface area contributed by atoms with E-state index in [-0.39, 0.29) is 11.4 Å². The van der Waals surface area contributed by atoms with Crippen LogP contribution in [-0.2, 0) is 6.54 Å². The zero-order valence-electron chi connectivity index (χ0n) is 10.4. The lowest BCUT2D eigenvalue weighted by Crippen LogP contribution is -2.35. The molecule has 0 aliphatic rings. The first kappa shape index (κ1) is 13.5. The van der Waals surface area contributed by atoms with Crippen LogP contribution in [0, 0.1) is 5.82 Å². The molecule has 90 valence electrons. The van der Waals surface area contributed by atoms with Crippen molar-refractivity contribution in [3.05, 3.63) is 29.6 Å². The van der Waals surface area contributed by atoms with Crippen LogP contribution in [0.5, 0.6) is 0 Å². The second-order valence-electron chi connectivity index (χ2n) is 4.75. The first-order valence-electron chi connectivity index (χ1n) is 5.59. The van der Waals surface area contributed by atoms with Gasteiger partial charge in [-0.3, -0.25) is 0 Å². The monoisotopic (exact) mass is 241 g/mol. The van der Waals surface area contributed by atoms with Crippen molar-refractivity contribution in [3.63, 3.8) is 0 Å². The third-order valence-corrected chi connectivity index (χ3v) is 3.15. The van der Waals surface area contributed by atoms with Crippen molar-refractivity contribution in [1.29, 1.82) is 0 Å². The van der Waals surface area contributed by atoms with Crippen molar-refractivity contribution in [2.45, 2.75) is 44.7 Å². The van der Waals surface area contributed by atoms with E-state index in [0.29, 0.717) is 6.54 Å². The highest BCUT2D eigenvalue weighted by molar-refractivity contribution is 7.99. The highest BCUT2D eigenvalue weighted by atomic mass is 32.2. The van der Waals surface area contributed by atoms with Crippen molar-refractivity contribution in [2.75, 3.05) is 5.75 Å². The Labute approximate surface area is 102 Å². The predicted molar refractivity (Wildman–Crippen MR) is 69.4 cm³/mol. The third kappa shape index (κ3) is 4.14. The van der Waals surface area contributed by atoms with Crippen LogP contribution in [0.15, 0.2) is 23.1 Å². The maximum absolute atomic E-state index is 13.7. The molecule has 3 heteroatoms. The fourth-order valence-corrected chi connectivity index (χ4v) is 2.18. The Kier molecular flexibility index (Phi) is 4.81. The van der Waals surface area contributed by atoms with E-state index in [0.717, 1.165) is 16.2 Å². The molecular formula is C13H20FNS. The van der Waals surface area contributed by atoms with E-state index in [9.17, 15) is 4.39 Å². The van der Waals surface area contributed by atoms with E-state index >= 15 is 0 Å². The molecule has 1 rings (SSSR count). The molecule has 0 aliphatic carbocycles. The molecule has 0 bridgehead atoms. The van der Waals surface area contributed by atoms with E-state index in [2.05, 4.69) is 33.0 Å². The minimum Gasteiger partial charge on any atom is -0.308 e. The van der Waals surface area contributed by atoms with Gasteiger partial charge < -0.3 is 5.32 Å². The van der Waals surface area contributed by atoms with Crippen LogP contribution in [0.1, 0.15) is 33.3 Å². The lowest BCUT2D eigenvalue weighted by atomic mass is 10.1. The summed E-state index contributed by atoms with van der Waals surface area (Å²) in [6, 6.07) is 5.28. The highest BCUT2D eigenvalue weighted by Crippen LogP contribution is 2.25. The van der Waals surface area contributed by atoms with Crippen LogP contribution in [-0.4, -0.2) is 11.3 Å². The van der Waals surface area contributed by atoms with Crippen LogP contribution in [0.4, 0.5) is 4.39 Å². The SMILES string of the molecule is CCSc1cccc(F)c1CNC(C)(C)C. The minimum absolute atomic E-state index is 0.0103. The van der Waals surface area contributed by atoms with Gasteiger partial charge in [0, 0.05) is 22.5 Å². The van der Waals surface area contributed by atoms with E-state index < -0.39 is 0 Å². The second-order valence-corrected chi connectivity index (χ2v) is 6.06. The molecule has 0 amide bonds. The van der Waals surface area contributed by atoms with Gasteiger partial charge in [0.2, 0.25) is 0 Å². The zero-order valence-corrected chi connectivity index (χ0v) is 11.2. The topological polar surface area (TPSA) is 12.0 Å². The molecule has 16 heavy (non-hydrogen) atoms. The fraction of sp³-hybridized carbons (Fsp3) is 0.538. The van der Waals surface area contributed by atoms with Gasteiger partial charge in [-0.15, -0.1) is 11.8 Å². The molecule has 1 aromatic carbocycles. The second kappa shape index (κ2) is 5.69. The van der Waals surface area contributed by atoms with Crippen LogP contribution in [0.2, 0.25) is 0 Å². The van der Waals surface area contributed by atoms with Gasteiger partial charge in [0.15, 0.2) is 0 Å². The van der Waals surface area contributed by atoms with E-state index in [1.54, 1.807) is 17.8 Å². The molecule has 0 fully saturated rings. The number of rotatable bonds is 4. The zero-order chi connectivity index (χ0) is 12.2. The molecule has 0 saturated heterocycles. The molecule has 1 N–H and O–H groups in total. The molecule has 0 saturated carbocycles. The number of nitrogens with one attached hydrogen (secondary N) is 1. The van der Waals surface area contributed by atoms with Gasteiger partial charge in [0.05, 0.1) is 0 Å². The summed E-state index contributed by atoms with van der Waals surface area (Å²) in [6.07, 6.45) is 0. The Morgan fingerprint density at radius 2 is 2.00 bits per heavy atom. The molecule has 1 aromatic rings. The molecule has 0 atom stereocenters. The quantitative estimate of drug-likeness (QED) is 0.804. The number of hydrogen-bond acceptors (Lipinski definition) is 2. The number of benzene rings is 1. The Balaban J connectivity index is 2.84. The first-order valence-corrected chi connectivity index (χ1v) is 6.58. The molecule has 0 aromatic heterocycles. The average molecular weight is 241 g/mol. The van der Waals surface area contributed by atoms with Crippen LogP contribution < -0.4 is 5.32 Å². The lowest BCUT2D eigenvalue weighted by Gasteiger charge is -2.21. The van der Waals surface area contributed by atoms with Gasteiger partial charge in [-0.25, -0.2) is 4.39 Å². The van der Waals surface area contributed by atoms with Crippen molar-refractivity contribution < 1.29 is 4.39 Å². The Bertz CT molecular complexity index is 344. The van der Waals surface area contributed by atoms with Crippen LogP contribution >= 0.6 is 11.8 Å². The molecule has 0 unspecified atom stereocenters. The van der Waals surface area contributed by atoms with Crippen molar-refractivity contribution >= 4 is 11.8 Å². The maximum atomic E-state index is 13.7. The van der Waals surface area contributed by atoms with Gasteiger partial charge in [0.1, 0.15) is 5.82 Å². The summed E-state index contributed by atoms with van der Waals surface area (Å²) in [6.45, 7) is 8.91. The van der Waals surface area contributed by atoms with Gasteiger partial charge in [-0.1, -0.05) is 13.0 Å². The molecule has 1 nitrogen and oxygen atoms in total. The van der Waals surface area contributed by atoms with Crippen LogP contribution in [0.3, 0.4) is 0 Å². The predicted octanol–water partition coefficient (Wildman–Crippen LogP) is 3.83. The minimum atomic E-state index is -0.116. The number of hydrogen-bond donors (Lipinski definition) is 1. The first-order chi connectivity index (χ1) is 7.44. The van der Waals surface area contributed by atoms with Crippen molar-refractivity contribution in [1.82, 2.24) is 5.32 Å². The van der Waals surface area contributed by atoms with E-state index in [4.69, 9.17) is 0 Å². The molecule has 0 aliphatic heterocycles. The summed E-state index contributed by atoms with van der Waals surface area (Å²) in [5.74, 6) is 0.849. The van der Waals surface area contributed by atoms with Gasteiger partial charge in [-0.2, -0.15) is 0 Å². The van der Waals surface area contributed by atoms with E-state index in [1.807, 2.05) is 6.07 Å². The van der Waals surface area contributed by atoms with Gasteiger partial charge in [-0.05, 0) is 38.7 Å². The van der Waals surface area contributed by atoms with Crippen LogP contribution in [0.25, 0.3) is 0 Å². The fourth-order valence-electron chi connectivity index (χ4n) is 1.35. The molecule has 0 spiro atoms. The smallest absolute Gasteiger partial charge is 0.128 e. The van der Waals surface area contributed by atoms with E-state index in [1.165, 1.54) is 6.07 Å². The molecular weight excluding hydrogens is 221 g/mol. The highest BCUT2D eigenvalue weighted by Gasteiger charge is 2.13. The number of thioether (sulfide) groups is 1. The third-order valence-electron chi connectivity index (χ3n) is 2.17. The Morgan fingerprint density at radius 1 is 1.31 bits per heavy atom. The molecule has 0 radical (unpaired) electrons. The standard InChI is InChI=1S/C13H20FNS/c1-5-16-12-8-6-7-11(14)10(12)9-15-13(2,3)4/h6-8,15H,5,9H2,1-4H3. The van der Waals surface area contributed by atoms with Gasteiger partial charge >= 0.3 is 0 Å². The summed E-state index contributed by atoms with van der Waals surface area (Å²) in [5.41, 5.74) is 0.792. The Hall–Kier alpha value is -0.540.